The highest BCUT2D eigenvalue weighted by Crippen LogP contribution is 2.24. The van der Waals surface area contributed by atoms with Crippen LogP contribution in [-0.4, -0.2) is 18.8 Å². The highest BCUT2D eigenvalue weighted by Gasteiger charge is 2.31. The molecule has 0 fully saturated rings. The molecule has 0 unspecified atom stereocenters. The first kappa shape index (κ1) is 12.2. The lowest BCUT2D eigenvalue weighted by molar-refractivity contribution is -0.274. The molecule has 0 aliphatic rings. The minimum Gasteiger partial charge on any atom is -0.406 e. The molecule has 0 aromatic heterocycles. The molecular formula is C9H9F3N2O2. The van der Waals surface area contributed by atoms with E-state index in [9.17, 15) is 18.0 Å². The van der Waals surface area contributed by atoms with E-state index in [-0.39, 0.29) is 12.3 Å². The Labute approximate surface area is 89.2 Å². The minimum absolute atomic E-state index is 0.157. The van der Waals surface area contributed by atoms with Gasteiger partial charge in [-0.3, -0.25) is 4.79 Å². The maximum absolute atomic E-state index is 11.9. The molecule has 1 amide bonds. The fourth-order valence-electron chi connectivity index (χ4n) is 0.992. The Morgan fingerprint density at radius 2 is 2.12 bits per heavy atom. The highest BCUT2D eigenvalue weighted by atomic mass is 19.4. The van der Waals surface area contributed by atoms with E-state index < -0.39 is 12.3 Å². The van der Waals surface area contributed by atoms with Gasteiger partial charge in [0.05, 0.1) is 6.54 Å². The van der Waals surface area contributed by atoms with Crippen molar-refractivity contribution in [2.45, 2.75) is 6.36 Å². The van der Waals surface area contributed by atoms with Crippen LogP contribution >= 0.6 is 0 Å². The first-order chi connectivity index (χ1) is 7.37. The molecule has 0 aliphatic carbocycles. The largest absolute Gasteiger partial charge is 0.573 e. The summed E-state index contributed by atoms with van der Waals surface area (Å²) in [5.41, 5.74) is 5.19. The van der Waals surface area contributed by atoms with Crippen molar-refractivity contribution in [2.75, 3.05) is 11.9 Å². The molecule has 1 aromatic carbocycles. The topological polar surface area (TPSA) is 64.4 Å². The van der Waals surface area contributed by atoms with Gasteiger partial charge in [-0.2, -0.15) is 0 Å². The van der Waals surface area contributed by atoms with Gasteiger partial charge >= 0.3 is 6.36 Å². The van der Waals surface area contributed by atoms with Gasteiger partial charge in [-0.05, 0) is 12.1 Å². The van der Waals surface area contributed by atoms with Crippen molar-refractivity contribution in [3.63, 3.8) is 0 Å². The molecule has 88 valence electrons. The predicted molar refractivity (Wildman–Crippen MR) is 50.8 cm³/mol. The molecule has 0 saturated carbocycles. The third-order valence-corrected chi connectivity index (χ3v) is 1.53. The molecule has 3 N–H and O–H groups in total. The van der Waals surface area contributed by atoms with Crippen molar-refractivity contribution in [3.8, 4) is 5.75 Å². The summed E-state index contributed by atoms with van der Waals surface area (Å²) < 4.78 is 39.3. The fourth-order valence-corrected chi connectivity index (χ4v) is 0.992. The zero-order chi connectivity index (χ0) is 12.2. The molecule has 1 rings (SSSR count). The number of halogens is 3. The molecule has 0 aliphatic heterocycles. The molecule has 4 nitrogen and oxygen atoms in total. The molecule has 0 heterocycles. The third-order valence-electron chi connectivity index (χ3n) is 1.53. The Bertz CT molecular complexity index is 379. The lowest BCUT2D eigenvalue weighted by Crippen LogP contribution is -2.22. The van der Waals surface area contributed by atoms with Gasteiger partial charge in [0, 0.05) is 11.8 Å². The molecule has 0 radical (unpaired) electrons. The van der Waals surface area contributed by atoms with E-state index in [1.165, 1.54) is 12.1 Å². The summed E-state index contributed by atoms with van der Waals surface area (Å²) >= 11 is 0. The van der Waals surface area contributed by atoms with Crippen molar-refractivity contribution in [1.29, 1.82) is 0 Å². The van der Waals surface area contributed by atoms with Crippen LogP contribution in [0.25, 0.3) is 0 Å². The third kappa shape index (κ3) is 4.54. The van der Waals surface area contributed by atoms with Crippen LogP contribution in [-0.2, 0) is 4.79 Å². The van der Waals surface area contributed by atoms with Crippen LogP contribution < -0.4 is 15.8 Å². The monoisotopic (exact) mass is 234 g/mol. The number of alkyl halides is 3. The lowest BCUT2D eigenvalue weighted by Gasteiger charge is -2.10. The van der Waals surface area contributed by atoms with Gasteiger partial charge in [0.25, 0.3) is 0 Å². The summed E-state index contributed by atoms with van der Waals surface area (Å²) in [6, 6.07) is 5.13. The van der Waals surface area contributed by atoms with Gasteiger partial charge < -0.3 is 15.8 Å². The van der Waals surface area contributed by atoms with Crippen LogP contribution in [0, 0.1) is 0 Å². The number of rotatable bonds is 4. The standard InChI is InChI=1S/C9H9F3N2O2/c10-9(11,12)16-7-3-1-2-6(4-7)14-5-8(13)15/h1-4,14H,5H2,(H2,13,15). The normalized spacial score (nSPS) is 10.9. The van der Waals surface area contributed by atoms with E-state index in [0.717, 1.165) is 12.1 Å². The SMILES string of the molecule is NC(=O)CNc1cccc(OC(F)(F)F)c1. The number of benzene rings is 1. The first-order valence-electron chi connectivity index (χ1n) is 4.25. The molecule has 7 heteroatoms. The first-order valence-corrected chi connectivity index (χ1v) is 4.25. The number of primary amides is 1. The number of ether oxygens (including phenoxy) is 1. The summed E-state index contributed by atoms with van der Waals surface area (Å²) in [6.07, 6.45) is -4.73. The quantitative estimate of drug-likeness (QED) is 0.829. The Morgan fingerprint density at radius 3 is 2.69 bits per heavy atom. The Morgan fingerprint density at radius 1 is 1.44 bits per heavy atom. The average Bonchev–Trinajstić information content (AvgIpc) is 2.12. The Hall–Kier alpha value is -1.92. The second-order valence-corrected chi connectivity index (χ2v) is 2.90. The van der Waals surface area contributed by atoms with Crippen molar-refractivity contribution < 1.29 is 22.7 Å². The maximum Gasteiger partial charge on any atom is 0.573 e. The molecule has 0 atom stereocenters. The number of hydrogen-bond acceptors (Lipinski definition) is 3. The summed E-state index contributed by atoms with van der Waals surface area (Å²) in [5.74, 6) is -0.968. The molecule has 0 bridgehead atoms. The molecule has 0 saturated heterocycles. The summed E-state index contributed by atoms with van der Waals surface area (Å²) in [6.45, 7) is -0.157. The van der Waals surface area contributed by atoms with Gasteiger partial charge in [0.1, 0.15) is 5.75 Å². The zero-order valence-electron chi connectivity index (χ0n) is 8.04. The minimum atomic E-state index is -4.73. The van der Waals surface area contributed by atoms with E-state index in [1.54, 1.807) is 0 Å². The predicted octanol–water partition coefficient (Wildman–Crippen LogP) is 1.48. The van der Waals surface area contributed by atoms with Crippen molar-refractivity contribution in [3.05, 3.63) is 24.3 Å². The smallest absolute Gasteiger partial charge is 0.406 e. The van der Waals surface area contributed by atoms with Crippen LogP contribution in [0.1, 0.15) is 0 Å². The van der Waals surface area contributed by atoms with E-state index in [4.69, 9.17) is 5.73 Å². The van der Waals surface area contributed by atoms with Crippen molar-refractivity contribution in [1.82, 2.24) is 0 Å². The number of carbonyl (C=O) groups is 1. The Balaban J connectivity index is 2.67. The molecule has 0 spiro atoms. The number of nitrogens with one attached hydrogen (secondary N) is 1. The number of nitrogens with two attached hydrogens (primary N) is 1. The van der Waals surface area contributed by atoms with Crippen molar-refractivity contribution in [2.24, 2.45) is 5.73 Å². The maximum atomic E-state index is 11.9. The van der Waals surface area contributed by atoms with E-state index >= 15 is 0 Å². The van der Waals surface area contributed by atoms with Crippen LogP contribution in [0.2, 0.25) is 0 Å². The summed E-state index contributed by atoms with van der Waals surface area (Å²) in [5, 5.41) is 2.55. The van der Waals surface area contributed by atoms with Crippen LogP contribution in [0.15, 0.2) is 24.3 Å². The molecule has 16 heavy (non-hydrogen) atoms. The van der Waals surface area contributed by atoms with Gasteiger partial charge in [-0.15, -0.1) is 13.2 Å². The number of amides is 1. The second-order valence-electron chi connectivity index (χ2n) is 2.90. The fraction of sp³-hybridized carbons (Fsp3) is 0.222. The highest BCUT2D eigenvalue weighted by molar-refractivity contribution is 5.78. The Kier molecular flexibility index (Phi) is 3.60. The molecule has 1 aromatic rings. The number of anilines is 1. The summed E-state index contributed by atoms with van der Waals surface area (Å²) in [4.78, 5) is 10.4. The van der Waals surface area contributed by atoms with Gasteiger partial charge in [0.2, 0.25) is 5.91 Å². The van der Waals surface area contributed by atoms with Gasteiger partial charge in [-0.25, -0.2) is 0 Å². The summed E-state index contributed by atoms with van der Waals surface area (Å²) in [7, 11) is 0. The number of hydrogen-bond donors (Lipinski definition) is 2. The van der Waals surface area contributed by atoms with Gasteiger partial charge in [-0.1, -0.05) is 6.07 Å². The van der Waals surface area contributed by atoms with Gasteiger partial charge in [0.15, 0.2) is 0 Å². The van der Waals surface area contributed by atoms with E-state index in [1.807, 2.05) is 0 Å². The second kappa shape index (κ2) is 4.73. The van der Waals surface area contributed by atoms with E-state index in [2.05, 4.69) is 10.1 Å². The molecular weight excluding hydrogens is 225 g/mol. The number of carbonyl (C=O) groups excluding carboxylic acids is 1. The zero-order valence-corrected chi connectivity index (χ0v) is 8.04. The average molecular weight is 234 g/mol. The van der Waals surface area contributed by atoms with Crippen molar-refractivity contribution >= 4 is 11.6 Å². The van der Waals surface area contributed by atoms with E-state index in [0.29, 0.717) is 5.69 Å². The van der Waals surface area contributed by atoms with Crippen LogP contribution in [0.4, 0.5) is 18.9 Å². The lowest BCUT2D eigenvalue weighted by atomic mass is 10.3. The van der Waals surface area contributed by atoms with Crippen LogP contribution in [0.5, 0.6) is 5.75 Å². The van der Waals surface area contributed by atoms with Crippen LogP contribution in [0.3, 0.4) is 0 Å².